The van der Waals surface area contributed by atoms with Crippen LogP contribution in [0.5, 0.6) is 0 Å². The minimum atomic E-state index is -3.61. The number of anilines is 1. The molecule has 0 spiro atoms. The summed E-state index contributed by atoms with van der Waals surface area (Å²) < 4.78 is 55.4. The maximum Gasteiger partial charge on any atom is 0.258 e. The van der Waals surface area contributed by atoms with Gasteiger partial charge in [0, 0.05) is 18.2 Å². The molecule has 1 atom stereocenters. The van der Waals surface area contributed by atoms with E-state index in [-0.39, 0.29) is 5.56 Å². The average molecular weight is 395 g/mol. The van der Waals surface area contributed by atoms with Crippen LogP contribution in [0, 0.1) is 11.6 Å². The van der Waals surface area contributed by atoms with Crippen molar-refractivity contribution in [2.24, 2.45) is 0 Å². The number of hydrogen-bond acceptors (Lipinski definition) is 4. The van der Waals surface area contributed by atoms with Crippen LogP contribution in [0.25, 0.3) is 0 Å². The van der Waals surface area contributed by atoms with Crippen molar-refractivity contribution in [2.75, 3.05) is 11.4 Å². The van der Waals surface area contributed by atoms with Gasteiger partial charge in [-0.2, -0.15) is 5.10 Å². The van der Waals surface area contributed by atoms with E-state index in [4.69, 9.17) is 0 Å². The Morgan fingerprint density at radius 2 is 1.78 bits per heavy atom. The first-order chi connectivity index (χ1) is 13.0. The van der Waals surface area contributed by atoms with E-state index >= 15 is 0 Å². The lowest BCUT2D eigenvalue weighted by atomic mass is 10.0. The Balaban J connectivity index is 1.70. The van der Waals surface area contributed by atoms with Crippen molar-refractivity contribution in [3.05, 3.63) is 47.7 Å². The maximum absolute atomic E-state index is 14.3. The third-order valence-electron chi connectivity index (χ3n) is 5.67. The van der Waals surface area contributed by atoms with Gasteiger partial charge in [-0.05, 0) is 43.9 Å². The maximum atomic E-state index is 14.3. The topological polar surface area (TPSA) is 55.2 Å². The highest BCUT2D eigenvalue weighted by molar-refractivity contribution is 7.90. The number of halogens is 2. The quantitative estimate of drug-likeness (QED) is 0.785. The Hall–Kier alpha value is -1.96. The van der Waals surface area contributed by atoms with Crippen LogP contribution in [0.3, 0.4) is 0 Å². The smallest absolute Gasteiger partial charge is 0.258 e. The third-order valence-corrected chi connectivity index (χ3v) is 7.75. The first-order valence-corrected chi connectivity index (χ1v) is 11.0. The van der Waals surface area contributed by atoms with Gasteiger partial charge in [-0.25, -0.2) is 17.2 Å². The van der Waals surface area contributed by atoms with Crippen LogP contribution in [0.4, 0.5) is 14.6 Å². The molecule has 0 N–H and O–H groups in total. The summed E-state index contributed by atoms with van der Waals surface area (Å²) in [6.07, 6.45) is 7.03. The monoisotopic (exact) mass is 395 g/mol. The fourth-order valence-corrected chi connectivity index (χ4v) is 6.15. The summed E-state index contributed by atoms with van der Waals surface area (Å²) in [7, 11) is -3.61. The molecule has 2 aromatic rings. The molecule has 1 saturated carbocycles. The predicted octanol–water partition coefficient (Wildman–Crippen LogP) is 4.01. The summed E-state index contributed by atoms with van der Waals surface area (Å²) in [6, 6.07) is 4.66. The Labute approximate surface area is 158 Å². The lowest BCUT2D eigenvalue weighted by molar-refractivity contribution is 0.476. The van der Waals surface area contributed by atoms with Crippen molar-refractivity contribution in [3.63, 3.8) is 0 Å². The van der Waals surface area contributed by atoms with E-state index < -0.39 is 32.9 Å². The fourth-order valence-electron chi connectivity index (χ4n) is 4.32. The van der Waals surface area contributed by atoms with Crippen molar-refractivity contribution >= 4 is 15.8 Å². The zero-order valence-corrected chi connectivity index (χ0v) is 15.8. The average Bonchev–Trinajstić information content (AvgIpc) is 3.33. The summed E-state index contributed by atoms with van der Waals surface area (Å²) in [4.78, 5) is 1.84. The number of aromatic nitrogens is 2. The molecule has 0 unspecified atom stereocenters. The van der Waals surface area contributed by atoms with Crippen LogP contribution < -0.4 is 4.90 Å². The number of nitrogens with zero attached hydrogens (tertiary/aromatic N) is 3. The van der Waals surface area contributed by atoms with Gasteiger partial charge in [-0.3, -0.25) is 0 Å². The number of rotatable bonds is 4. The number of benzene rings is 1. The first kappa shape index (κ1) is 18.4. The molecule has 1 aromatic heterocycles. The molecule has 1 aliphatic heterocycles. The van der Waals surface area contributed by atoms with E-state index in [2.05, 4.69) is 5.10 Å². The molecular formula is C19H23F2N3O2S. The van der Waals surface area contributed by atoms with Gasteiger partial charge in [0.2, 0.25) is 0 Å². The molecule has 5 nitrogen and oxygen atoms in total. The van der Waals surface area contributed by atoms with Crippen LogP contribution in [0.1, 0.15) is 56.6 Å². The summed E-state index contributed by atoms with van der Waals surface area (Å²) >= 11 is 0. The molecule has 0 amide bonds. The fraction of sp³-hybridized carbons (Fsp3) is 0.526. The standard InChI is InChI=1S/C19H23F2N3O2S/c20-14-8-9-17(21)16(13-14)18-7-4-12-23(18)19-10-11-22-24(19)27(25,26)15-5-2-1-3-6-15/h8-11,13,15,18H,1-7,12H2/t18-/m1/s1. The van der Waals surface area contributed by atoms with Gasteiger partial charge in [0.25, 0.3) is 10.0 Å². The van der Waals surface area contributed by atoms with E-state index in [1.165, 1.54) is 12.3 Å². The molecule has 1 aromatic carbocycles. The zero-order valence-electron chi connectivity index (χ0n) is 15.0. The van der Waals surface area contributed by atoms with Crippen LogP contribution in [0.2, 0.25) is 0 Å². The van der Waals surface area contributed by atoms with Gasteiger partial charge in [-0.1, -0.05) is 19.3 Å². The van der Waals surface area contributed by atoms with Crippen molar-refractivity contribution in [1.29, 1.82) is 0 Å². The Morgan fingerprint density at radius 3 is 2.56 bits per heavy atom. The zero-order chi connectivity index (χ0) is 19.0. The van der Waals surface area contributed by atoms with Gasteiger partial charge in [-0.15, -0.1) is 4.09 Å². The molecule has 146 valence electrons. The highest BCUT2D eigenvalue weighted by Crippen LogP contribution is 2.38. The van der Waals surface area contributed by atoms with Gasteiger partial charge in [0.15, 0.2) is 0 Å². The van der Waals surface area contributed by atoms with E-state index in [0.717, 1.165) is 41.9 Å². The summed E-state index contributed by atoms with van der Waals surface area (Å²) in [6.45, 7) is 0.576. The van der Waals surface area contributed by atoms with Crippen molar-refractivity contribution in [2.45, 2.75) is 56.2 Å². The van der Waals surface area contributed by atoms with Crippen molar-refractivity contribution in [3.8, 4) is 0 Å². The minimum absolute atomic E-state index is 0.260. The lowest BCUT2D eigenvalue weighted by Gasteiger charge is -2.29. The number of hydrogen-bond donors (Lipinski definition) is 0. The Bertz CT molecular complexity index is 923. The summed E-state index contributed by atoms with van der Waals surface area (Å²) in [5.74, 6) is -0.539. The second-order valence-electron chi connectivity index (χ2n) is 7.35. The predicted molar refractivity (Wildman–Crippen MR) is 99.1 cm³/mol. The molecule has 4 rings (SSSR count). The first-order valence-electron chi connectivity index (χ1n) is 9.48. The highest BCUT2D eigenvalue weighted by atomic mass is 32.2. The minimum Gasteiger partial charge on any atom is -0.349 e. The molecule has 8 heteroatoms. The van der Waals surface area contributed by atoms with Crippen LogP contribution in [0.15, 0.2) is 30.5 Å². The normalized spacial score (nSPS) is 21.7. The molecule has 2 heterocycles. The third kappa shape index (κ3) is 3.35. The van der Waals surface area contributed by atoms with Crippen LogP contribution in [-0.4, -0.2) is 29.4 Å². The molecule has 27 heavy (non-hydrogen) atoms. The lowest BCUT2D eigenvalue weighted by Crippen LogP contribution is -2.34. The van der Waals surface area contributed by atoms with E-state index in [0.29, 0.717) is 31.6 Å². The molecule has 2 fully saturated rings. The largest absolute Gasteiger partial charge is 0.349 e. The van der Waals surface area contributed by atoms with Gasteiger partial charge >= 0.3 is 0 Å². The van der Waals surface area contributed by atoms with Crippen LogP contribution >= 0.6 is 0 Å². The summed E-state index contributed by atoms with van der Waals surface area (Å²) in [5, 5.41) is 3.66. The second-order valence-corrected chi connectivity index (χ2v) is 9.40. The van der Waals surface area contributed by atoms with Gasteiger partial charge in [0.05, 0.1) is 17.5 Å². The summed E-state index contributed by atoms with van der Waals surface area (Å²) in [5.41, 5.74) is 0.260. The SMILES string of the molecule is O=S(=O)(C1CCCCC1)n1nccc1N1CCC[C@@H]1c1cc(F)ccc1F. The highest BCUT2D eigenvalue weighted by Gasteiger charge is 2.36. The van der Waals surface area contributed by atoms with E-state index in [9.17, 15) is 17.2 Å². The molecular weight excluding hydrogens is 372 g/mol. The Kier molecular flexibility index (Phi) is 4.92. The van der Waals surface area contributed by atoms with E-state index in [1.54, 1.807) is 6.07 Å². The molecule has 2 aliphatic rings. The second kappa shape index (κ2) is 7.22. The van der Waals surface area contributed by atoms with E-state index in [1.807, 2.05) is 4.90 Å². The molecule has 1 aliphatic carbocycles. The Morgan fingerprint density at radius 1 is 1.00 bits per heavy atom. The molecule has 0 bridgehead atoms. The van der Waals surface area contributed by atoms with Crippen molar-refractivity contribution in [1.82, 2.24) is 9.19 Å². The van der Waals surface area contributed by atoms with Crippen molar-refractivity contribution < 1.29 is 17.2 Å². The van der Waals surface area contributed by atoms with Gasteiger partial charge in [0.1, 0.15) is 17.5 Å². The molecule has 1 saturated heterocycles. The van der Waals surface area contributed by atoms with Gasteiger partial charge < -0.3 is 4.90 Å². The van der Waals surface area contributed by atoms with Crippen LogP contribution in [-0.2, 0) is 10.0 Å². The molecule has 0 radical (unpaired) electrons.